The molecule has 5 rings (SSSR count). The zero-order valence-corrected chi connectivity index (χ0v) is 15.1. The van der Waals surface area contributed by atoms with Crippen LogP contribution < -0.4 is 5.32 Å². The largest absolute Gasteiger partial charge is 0.393 e. The van der Waals surface area contributed by atoms with Crippen LogP contribution in [-0.4, -0.2) is 39.2 Å². The lowest BCUT2D eigenvalue weighted by Crippen LogP contribution is -2.61. The van der Waals surface area contributed by atoms with E-state index >= 15 is 0 Å². The molecule has 5 fully saturated rings. The molecule has 1 amide bonds. The topological polar surface area (TPSA) is 89.8 Å². The lowest BCUT2D eigenvalue weighted by Gasteiger charge is -2.63. The maximum Gasteiger partial charge on any atom is 0.222 e. The quantitative estimate of drug-likeness (QED) is 0.578. The number of amides is 1. The molecular weight excluding hydrogens is 318 g/mol. The second-order valence-corrected chi connectivity index (χ2v) is 10.3. The molecule has 4 aliphatic carbocycles. The Labute approximate surface area is 149 Å². The summed E-state index contributed by atoms with van der Waals surface area (Å²) in [6.07, 6.45) is 8.05. The van der Waals surface area contributed by atoms with Gasteiger partial charge in [-0.15, -0.1) is 0 Å². The summed E-state index contributed by atoms with van der Waals surface area (Å²) in [6, 6.07) is 0. The fourth-order valence-electron chi connectivity index (χ4n) is 8.38. The lowest BCUT2D eigenvalue weighted by molar-refractivity contribution is -0.182. The SMILES string of the molecule is CC12CCC3(O)NC(=O)CC3C1CCC13CC(CCC12)C(O)(CO)C3. The standard InChI is InChI=1S/C20H31NO4/c1-17-6-7-20(25)14(8-16(23)21-20)13(17)4-5-18-9-12(2-3-15(17)18)19(24,10-18)11-22/h12-15,22,24-25H,2-11H2,1H3,(H,21,23). The molecule has 1 saturated heterocycles. The number of aliphatic hydroxyl groups excluding tert-OH is 1. The van der Waals surface area contributed by atoms with Crippen LogP contribution >= 0.6 is 0 Å². The van der Waals surface area contributed by atoms with E-state index in [9.17, 15) is 20.1 Å². The van der Waals surface area contributed by atoms with Gasteiger partial charge < -0.3 is 20.6 Å². The van der Waals surface area contributed by atoms with E-state index in [1.165, 1.54) is 0 Å². The van der Waals surface area contributed by atoms with Crippen molar-refractivity contribution >= 4 is 5.91 Å². The Morgan fingerprint density at radius 2 is 1.92 bits per heavy atom. The minimum absolute atomic E-state index is 0.00346. The zero-order chi connectivity index (χ0) is 17.7. The van der Waals surface area contributed by atoms with Crippen LogP contribution in [0.1, 0.15) is 64.7 Å². The van der Waals surface area contributed by atoms with Crippen LogP contribution in [0, 0.1) is 34.5 Å². The van der Waals surface area contributed by atoms with Gasteiger partial charge in [-0.05, 0) is 80.0 Å². The summed E-state index contributed by atoms with van der Waals surface area (Å²) >= 11 is 0. The Kier molecular flexibility index (Phi) is 3.16. The monoisotopic (exact) mass is 349 g/mol. The fourth-order valence-corrected chi connectivity index (χ4v) is 8.38. The van der Waals surface area contributed by atoms with Crippen molar-refractivity contribution in [3.63, 3.8) is 0 Å². The fraction of sp³-hybridized carbons (Fsp3) is 0.950. The van der Waals surface area contributed by atoms with Crippen molar-refractivity contribution in [2.45, 2.75) is 76.0 Å². The highest BCUT2D eigenvalue weighted by molar-refractivity contribution is 5.79. The first-order valence-corrected chi connectivity index (χ1v) is 10.1. The van der Waals surface area contributed by atoms with E-state index in [0.29, 0.717) is 24.7 Å². The minimum Gasteiger partial charge on any atom is -0.393 e. The molecule has 4 saturated carbocycles. The summed E-state index contributed by atoms with van der Waals surface area (Å²) in [4.78, 5) is 12.0. The number of carbonyl (C=O) groups is 1. The summed E-state index contributed by atoms with van der Waals surface area (Å²) in [5.41, 5.74) is -1.60. The van der Waals surface area contributed by atoms with Crippen molar-refractivity contribution in [1.82, 2.24) is 5.32 Å². The van der Waals surface area contributed by atoms with Crippen LogP contribution in [0.3, 0.4) is 0 Å². The smallest absolute Gasteiger partial charge is 0.222 e. The number of hydrogen-bond donors (Lipinski definition) is 4. The molecule has 1 aliphatic heterocycles. The molecule has 5 heteroatoms. The normalized spacial score (nSPS) is 59.8. The van der Waals surface area contributed by atoms with Gasteiger partial charge in [-0.25, -0.2) is 0 Å². The number of rotatable bonds is 1. The van der Waals surface area contributed by atoms with Crippen molar-refractivity contribution in [1.29, 1.82) is 0 Å². The highest BCUT2D eigenvalue weighted by atomic mass is 16.3. The lowest BCUT2D eigenvalue weighted by atomic mass is 9.42. The molecule has 25 heavy (non-hydrogen) atoms. The molecule has 0 aromatic carbocycles. The van der Waals surface area contributed by atoms with E-state index in [4.69, 9.17) is 0 Å². The predicted octanol–water partition coefficient (Wildman–Crippen LogP) is 1.55. The minimum atomic E-state index is -0.996. The maximum atomic E-state index is 12.0. The predicted molar refractivity (Wildman–Crippen MR) is 91.2 cm³/mol. The molecule has 0 aromatic heterocycles. The third kappa shape index (κ3) is 1.93. The van der Waals surface area contributed by atoms with Crippen molar-refractivity contribution in [3.8, 4) is 0 Å². The van der Waals surface area contributed by atoms with Crippen LogP contribution in [0.2, 0.25) is 0 Å². The average molecular weight is 349 g/mol. The van der Waals surface area contributed by atoms with Gasteiger partial charge in [-0.3, -0.25) is 4.79 Å². The van der Waals surface area contributed by atoms with Gasteiger partial charge in [0.2, 0.25) is 5.91 Å². The van der Waals surface area contributed by atoms with E-state index in [-0.39, 0.29) is 35.2 Å². The Morgan fingerprint density at radius 1 is 1.12 bits per heavy atom. The van der Waals surface area contributed by atoms with Crippen molar-refractivity contribution < 1.29 is 20.1 Å². The summed E-state index contributed by atoms with van der Waals surface area (Å²) in [5, 5.41) is 34.6. The van der Waals surface area contributed by atoms with Crippen LogP contribution in [0.15, 0.2) is 0 Å². The first-order chi connectivity index (χ1) is 11.7. The molecule has 2 bridgehead atoms. The number of nitrogens with one attached hydrogen (secondary N) is 1. The molecule has 5 aliphatic rings. The van der Waals surface area contributed by atoms with Gasteiger partial charge in [0, 0.05) is 12.3 Å². The van der Waals surface area contributed by atoms with Crippen molar-refractivity contribution in [2.24, 2.45) is 34.5 Å². The molecule has 8 unspecified atom stereocenters. The second kappa shape index (κ2) is 4.79. The second-order valence-electron chi connectivity index (χ2n) is 10.3. The summed E-state index contributed by atoms with van der Waals surface area (Å²) < 4.78 is 0. The van der Waals surface area contributed by atoms with Crippen LogP contribution in [0.4, 0.5) is 0 Å². The highest BCUT2D eigenvalue weighted by Crippen LogP contribution is 2.72. The van der Waals surface area contributed by atoms with Crippen LogP contribution in [-0.2, 0) is 4.79 Å². The van der Waals surface area contributed by atoms with Crippen LogP contribution in [0.5, 0.6) is 0 Å². The van der Waals surface area contributed by atoms with E-state index < -0.39 is 11.3 Å². The molecule has 1 spiro atoms. The van der Waals surface area contributed by atoms with Gasteiger partial charge in [0.15, 0.2) is 0 Å². The number of aliphatic hydroxyl groups is 3. The number of hydrogen-bond acceptors (Lipinski definition) is 4. The Hall–Kier alpha value is -0.650. The zero-order valence-electron chi connectivity index (χ0n) is 15.1. The van der Waals surface area contributed by atoms with Gasteiger partial charge in [0.25, 0.3) is 0 Å². The van der Waals surface area contributed by atoms with E-state index in [1.807, 2.05) is 0 Å². The Bertz CT molecular complexity index is 625. The highest BCUT2D eigenvalue weighted by Gasteiger charge is 2.69. The summed E-state index contributed by atoms with van der Waals surface area (Å²) in [6.45, 7) is 2.27. The number of fused-ring (bicyclic) bond motifs is 5. The van der Waals surface area contributed by atoms with Gasteiger partial charge in [-0.2, -0.15) is 0 Å². The van der Waals surface area contributed by atoms with Crippen molar-refractivity contribution in [2.75, 3.05) is 6.61 Å². The summed E-state index contributed by atoms with van der Waals surface area (Å²) in [5.74, 6) is 1.18. The molecule has 0 radical (unpaired) electrons. The first-order valence-electron chi connectivity index (χ1n) is 10.1. The maximum absolute atomic E-state index is 12.0. The third-order valence-electron chi connectivity index (χ3n) is 9.39. The van der Waals surface area contributed by atoms with Gasteiger partial charge in [0.05, 0.1) is 12.2 Å². The first kappa shape index (κ1) is 16.5. The molecule has 8 atom stereocenters. The van der Waals surface area contributed by atoms with Gasteiger partial charge in [-0.1, -0.05) is 6.92 Å². The van der Waals surface area contributed by atoms with E-state index in [2.05, 4.69) is 12.2 Å². The number of carbonyl (C=O) groups excluding carboxylic acids is 1. The molecule has 5 nitrogen and oxygen atoms in total. The molecule has 1 heterocycles. The van der Waals surface area contributed by atoms with E-state index in [0.717, 1.165) is 44.9 Å². The molecule has 140 valence electrons. The van der Waals surface area contributed by atoms with Crippen molar-refractivity contribution in [3.05, 3.63) is 0 Å². The van der Waals surface area contributed by atoms with Gasteiger partial charge in [0.1, 0.15) is 5.72 Å². The molecule has 0 aromatic rings. The van der Waals surface area contributed by atoms with Gasteiger partial charge >= 0.3 is 0 Å². The summed E-state index contributed by atoms with van der Waals surface area (Å²) in [7, 11) is 0. The average Bonchev–Trinajstić information content (AvgIpc) is 2.98. The molecular formula is C20H31NO4. The molecule has 4 N–H and O–H groups in total. The van der Waals surface area contributed by atoms with E-state index in [1.54, 1.807) is 0 Å². The third-order valence-corrected chi connectivity index (χ3v) is 9.39. The van der Waals surface area contributed by atoms with Crippen LogP contribution in [0.25, 0.3) is 0 Å². The Morgan fingerprint density at radius 3 is 2.68 bits per heavy atom. The Balaban J connectivity index is 1.51.